The Balaban J connectivity index is 2.00. The van der Waals surface area contributed by atoms with E-state index in [0.717, 1.165) is 12.8 Å². The van der Waals surface area contributed by atoms with Crippen LogP contribution in [0.15, 0.2) is 4.52 Å². The Morgan fingerprint density at radius 3 is 2.87 bits per heavy atom. The molecule has 2 rings (SSSR count). The van der Waals surface area contributed by atoms with Gasteiger partial charge in [0.2, 0.25) is 5.89 Å². The molecule has 1 aromatic rings. The number of rotatable bonds is 4. The molecule has 2 N–H and O–H groups in total. The molecule has 1 unspecified atom stereocenters. The molecule has 0 amide bonds. The molecule has 5 heteroatoms. The van der Waals surface area contributed by atoms with Gasteiger partial charge in [-0.2, -0.15) is 4.98 Å². The summed E-state index contributed by atoms with van der Waals surface area (Å²) in [5.41, 5.74) is 5.98. The minimum atomic E-state index is -0.127. The van der Waals surface area contributed by atoms with E-state index >= 15 is 0 Å². The minimum Gasteiger partial charge on any atom is -0.374 e. The normalized spacial score (nSPS) is 21.0. The van der Waals surface area contributed by atoms with Gasteiger partial charge in [-0.05, 0) is 26.2 Å². The highest BCUT2D eigenvalue weighted by molar-refractivity contribution is 5.01. The van der Waals surface area contributed by atoms with Gasteiger partial charge in [0.1, 0.15) is 6.10 Å². The second-order valence-electron chi connectivity index (χ2n) is 4.32. The van der Waals surface area contributed by atoms with E-state index in [9.17, 15) is 0 Å². The fourth-order valence-corrected chi connectivity index (χ4v) is 1.72. The van der Waals surface area contributed by atoms with Gasteiger partial charge in [0.05, 0.1) is 0 Å². The van der Waals surface area contributed by atoms with Gasteiger partial charge in [-0.25, -0.2) is 0 Å². The molecule has 1 fully saturated rings. The number of aromatic nitrogens is 2. The van der Waals surface area contributed by atoms with Crippen molar-refractivity contribution in [1.82, 2.24) is 10.1 Å². The molecule has 1 aromatic heterocycles. The van der Waals surface area contributed by atoms with Crippen molar-refractivity contribution < 1.29 is 9.26 Å². The average molecular weight is 211 g/mol. The van der Waals surface area contributed by atoms with Crippen LogP contribution in [0.2, 0.25) is 0 Å². The molecule has 84 valence electrons. The maximum absolute atomic E-state index is 6.09. The molecule has 0 aliphatic heterocycles. The summed E-state index contributed by atoms with van der Waals surface area (Å²) < 4.78 is 10.2. The van der Waals surface area contributed by atoms with Gasteiger partial charge in [0, 0.05) is 19.1 Å². The minimum absolute atomic E-state index is 0.111. The molecule has 1 saturated carbocycles. The zero-order valence-electron chi connectivity index (χ0n) is 9.19. The summed E-state index contributed by atoms with van der Waals surface area (Å²) in [7, 11) is 1.62. The van der Waals surface area contributed by atoms with Gasteiger partial charge in [0.15, 0.2) is 5.82 Å². The number of hydrogen-bond acceptors (Lipinski definition) is 5. The van der Waals surface area contributed by atoms with Crippen LogP contribution in [0.1, 0.15) is 44.0 Å². The van der Waals surface area contributed by atoms with Gasteiger partial charge >= 0.3 is 0 Å². The number of nitrogens with two attached hydrogens (primary N) is 1. The van der Waals surface area contributed by atoms with Crippen molar-refractivity contribution in [3.63, 3.8) is 0 Å². The highest BCUT2D eigenvalue weighted by atomic mass is 16.5. The summed E-state index contributed by atoms with van der Waals surface area (Å²) in [5, 5.41) is 3.86. The van der Waals surface area contributed by atoms with Crippen LogP contribution in [0, 0.1) is 0 Å². The standard InChI is InChI=1S/C10H17N3O2/c1-7(14-2)9-12-8(15-13-9)6-10(11)4-3-5-10/h7H,3-6,11H2,1-2H3. The van der Waals surface area contributed by atoms with E-state index in [-0.39, 0.29) is 11.6 Å². The SMILES string of the molecule is COC(C)c1noc(CC2(N)CCC2)n1. The largest absolute Gasteiger partial charge is 0.374 e. The third-order valence-electron chi connectivity index (χ3n) is 3.05. The van der Waals surface area contributed by atoms with E-state index < -0.39 is 0 Å². The summed E-state index contributed by atoms with van der Waals surface area (Å²) in [6, 6.07) is 0. The smallest absolute Gasteiger partial charge is 0.228 e. The lowest BCUT2D eigenvalue weighted by atomic mass is 9.75. The van der Waals surface area contributed by atoms with Gasteiger partial charge in [0.25, 0.3) is 0 Å². The highest BCUT2D eigenvalue weighted by Crippen LogP contribution is 2.32. The maximum Gasteiger partial charge on any atom is 0.228 e. The first kappa shape index (κ1) is 10.6. The highest BCUT2D eigenvalue weighted by Gasteiger charge is 2.34. The van der Waals surface area contributed by atoms with Gasteiger partial charge < -0.3 is 15.0 Å². The fraction of sp³-hybridized carbons (Fsp3) is 0.800. The summed E-state index contributed by atoms with van der Waals surface area (Å²) in [4.78, 5) is 4.27. The molecule has 1 aliphatic carbocycles. The van der Waals surface area contributed by atoms with Crippen molar-refractivity contribution in [2.45, 2.75) is 44.2 Å². The van der Waals surface area contributed by atoms with Gasteiger partial charge in [-0.15, -0.1) is 0 Å². The Bertz CT molecular complexity index is 333. The van der Waals surface area contributed by atoms with Crippen LogP contribution in [-0.4, -0.2) is 22.8 Å². The lowest BCUT2D eigenvalue weighted by Gasteiger charge is -2.36. The van der Waals surface area contributed by atoms with Gasteiger partial charge in [-0.3, -0.25) is 0 Å². The lowest BCUT2D eigenvalue weighted by Crippen LogP contribution is -2.48. The van der Waals surface area contributed by atoms with Crippen LogP contribution in [-0.2, 0) is 11.2 Å². The second kappa shape index (κ2) is 3.90. The van der Waals surface area contributed by atoms with Crippen LogP contribution in [0.3, 0.4) is 0 Å². The molecule has 0 saturated heterocycles. The summed E-state index contributed by atoms with van der Waals surface area (Å²) >= 11 is 0. The number of nitrogens with zero attached hydrogens (tertiary/aromatic N) is 2. The zero-order valence-corrected chi connectivity index (χ0v) is 9.19. The number of ether oxygens (including phenoxy) is 1. The molecule has 1 aliphatic rings. The zero-order chi connectivity index (χ0) is 10.9. The summed E-state index contributed by atoms with van der Waals surface area (Å²) in [6.07, 6.45) is 3.84. The predicted octanol–water partition coefficient (Wildman–Crippen LogP) is 1.20. The van der Waals surface area contributed by atoms with E-state index in [4.69, 9.17) is 15.0 Å². The summed E-state index contributed by atoms with van der Waals surface area (Å²) in [6.45, 7) is 1.89. The molecule has 0 radical (unpaired) electrons. The Morgan fingerprint density at radius 2 is 2.33 bits per heavy atom. The van der Waals surface area contributed by atoms with E-state index in [0.29, 0.717) is 18.1 Å². The maximum atomic E-state index is 6.09. The topological polar surface area (TPSA) is 74.2 Å². The first-order valence-corrected chi connectivity index (χ1v) is 5.27. The van der Waals surface area contributed by atoms with Crippen molar-refractivity contribution >= 4 is 0 Å². The second-order valence-corrected chi connectivity index (χ2v) is 4.32. The third-order valence-corrected chi connectivity index (χ3v) is 3.05. The van der Waals surface area contributed by atoms with E-state index in [1.807, 2.05) is 6.92 Å². The van der Waals surface area contributed by atoms with Crippen LogP contribution in [0.25, 0.3) is 0 Å². The molecule has 15 heavy (non-hydrogen) atoms. The quantitative estimate of drug-likeness (QED) is 0.810. The van der Waals surface area contributed by atoms with E-state index in [2.05, 4.69) is 10.1 Å². The molecule has 1 atom stereocenters. The van der Waals surface area contributed by atoms with Crippen molar-refractivity contribution in [2.75, 3.05) is 7.11 Å². The monoisotopic (exact) mass is 211 g/mol. The molecule has 5 nitrogen and oxygen atoms in total. The first-order valence-electron chi connectivity index (χ1n) is 5.27. The van der Waals surface area contributed by atoms with Crippen LogP contribution in [0.4, 0.5) is 0 Å². The van der Waals surface area contributed by atoms with E-state index in [1.165, 1.54) is 6.42 Å². The van der Waals surface area contributed by atoms with Crippen molar-refractivity contribution in [3.8, 4) is 0 Å². The number of hydrogen-bond donors (Lipinski definition) is 1. The third kappa shape index (κ3) is 2.18. The molecule has 0 bridgehead atoms. The summed E-state index contributed by atoms with van der Waals surface area (Å²) in [5.74, 6) is 1.21. The Kier molecular flexibility index (Phi) is 2.75. The van der Waals surface area contributed by atoms with E-state index in [1.54, 1.807) is 7.11 Å². The van der Waals surface area contributed by atoms with Crippen LogP contribution in [0.5, 0.6) is 0 Å². The van der Waals surface area contributed by atoms with Crippen molar-refractivity contribution in [1.29, 1.82) is 0 Å². The first-order chi connectivity index (χ1) is 7.13. The molecule has 0 spiro atoms. The Labute approximate surface area is 89.0 Å². The van der Waals surface area contributed by atoms with Crippen molar-refractivity contribution in [3.05, 3.63) is 11.7 Å². The molecule has 0 aromatic carbocycles. The fourth-order valence-electron chi connectivity index (χ4n) is 1.72. The Morgan fingerprint density at radius 1 is 1.60 bits per heavy atom. The number of methoxy groups -OCH3 is 1. The Hall–Kier alpha value is -0.940. The molecule has 1 heterocycles. The van der Waals surface area contributed by atoms with Crippen molar-refractivity contribution in [2.24, 2.45) is 5.73 Å². The van der Waals surface area contributed by atoms with Crippen LogP contribution >= 0.6 is 0 Å². The van der Waals surface area contributed by atoms with Gasteiger partial charge in [-0.1, -0.05) is 5.16 Å². The average Bonchev–Trinajstić information content (AvgIpc) is 2.62. The molecular formula is C10H17N3O2. The molecular weight excluding hydrogens is 194 g/mol. The lowest BCUT2D eigenvalue weighted by molar-refractivity contribution is 0.109. The predicted molar refractivity (Wildman–Crippen MR) is 54.2 cm³/mol. The van der Waals surface area contributed by atoms with Crippen LogP contribution < -0.4 is 5.73 Å².